The third-order valence-electron chi connectivity index (χ3n) is 3.71. The van der Waals surface area contributed by atoms with E-state index in [0.717, 1.165) is 30.9 Å². The minimum Gasteiger partial charge on any atom is -0.398 e. The fourth-order valence-electron chi connectivity index (χ4n) is 2.78. The summed E-state index contributed by atoms with van der Waals surface area (Å²) >= 11 is 0. The molecule has 1 heterocycles. The zero-order valence-electron chi connectivity index (χ0n) is 9.34. The van der Waals surface area contributed by atoms with Gasteiger partial charge in [0.15, 0.2) is 0 Å². The summed E-state index contributed by atoms with van der Waals surface area (Å²) in [6, 6.07) is 0. The van der Waals surface area contributed by atoms with Crippen LogP contribution < -0.4 is 5.73 Å². The van der Waals surface area contributed by atoms with Crippen LogP contribution in [0.2, 0.25) is 0 Å². The summed E-state index contributed by atoms with van der Waals surface area (Å²) in [5, 5.41) is 0. The first-order chi connectivity index (χ1) is 7.31. The summed E-state index contributed by atoms with van der Waals surface area (Å²) in [7, 11) is 0. The SMILES string of the molecule is CCc1nc2c(c(N)c1C1CC1)CCC2. The lowest BCUT2D eigenvalue weighted by atomic mass is 10.00. The standard InChI is InChI=1S/C13H18N2/c1-2-10-12(8-6-7-8)13(14)9-4-3-5-11(9)15-10/h8H,2-7H2,1H3,(H2,14,15). The fourth-order valence-corrected chi connectivity index (χ4v) is 2.78. The zero-order chi connectivity index (χ0) is 10.4. The van der Waals surface area contributed by atoms with Gasteiger partial charge in [-0.2, -0.15) is 0 Å². The maximum absolute atomic E-state index is 6.31. The van der Waals surface area contributed by atoms with Crippen molar-refractivity contribution in [2.24, 2.45) is 0 Å². The summed E-state index contributed by atoms with van der Waals surface area (Å²) in [4.78, 5) is 4.81. The van der Waals surface area contributed by atoms with Crippen LogP contribution in [0.4, 0.5) is 5.69 Å². The molecule has 2 aliphatic rings. The largest absolute Gasteiger partial charge is 0.398 e. The zero-order valence-corrected chi connectivity index (χ0v) is 9.34. The van der Waals surface area contributed by atoms with Crippen molar-refractivity contribution in [1.29, 1.82) is 0 Å². The number of fused-ring (bicyclic) bond motifs is 1. The van der Waals surface area contributed by atoms with Crippen LogP contribution in [0.15, 0.2) is 0 Å². The minimum absolute atomic E-state index is 0.735. The molecule has 0 aromatic carbocycles. The molecule has 1 saturated carbocycles. The van der Waals surface area contributed by atoms with Gasteiger partial charge >= 0.3 is 0 Å². The molecule has 15 heavy (non-hydrogen) atoms. The van der Waals surface area contributed by atoms with Crippen molar-refractivity contribution in [3.8, 4) is 0 Å². The topological polar surface area (TPSA) is 38.9 Å². The number of nitrogen functional groups attached to an aromatic ring is 1. The van der Waals surface area contributed by atoms with Crippen LogP contribution in [0, 0.1) is 0 Å². The van der Waals surface area contributed by atoms with Gasteiger partial charge in [-0.05, 0) is 55.6 Å². The molecule has 0 amide bonds. The maximum atomic E-state index is 6.31. The number of aryl methyl sites for hydroxylation is 2. The number of rotatable bonds is 2. The lowest BCUT2D eigenvalue weighted by molar-refractivity contribution is 0.885. The van der Waals surface area contributed by atoms with Crippen molar-refractivity contribution >= 4 is 5.69 Å². The quantitative estimate of drug-likeness (QED) is 0.800. The van der Waals surface area contributed by atoms with Crippen molar-refractivity contribution in [1.82, 2.24) is 4.98 Å². The molecule has 1 aromatic heterocycles. The second kappa shape index (κ2) is 3.22. The number of aromatic nitrogens is 1. The number of hydrogen-bond acceptors (Lipinski definition) is 2. The Morgan fingerprint density at radius 2 is 2.13 bits per heavy atom. The van der Waals surface area contributed by atoms with Crippen LogP contribution in [0.25, 0.3) is 0 Å². The van der Waals surface area contributed by atoms with Crippen molar-refractivity contribution in [2.45, 2.75) is 51.4 Å². The van der Waals surface area contributed by atoms with Crippen molar-refractivity contribution in [3.05, 3.63) is 22.5 Å². The molecule has 0 saturated heterocycles. The molecule has 0 radical (unpaired) electrons. The van der Waals surface area contributed by atoms with Crippen LogP contribution in [0.3, 0.4) is 0 Å². The van der Waals surface area contributed by atoms with Gasteiger partial charge in [-0.1, -0.05) is 6.92 Å². The van der Waals surface area contributed by atoms with Gasteiger partial charge in [0.1, 0.15) is 0 Å². The van der Waals surface area contributed by atoms with E-state index in [1.807, 2.05) is 0 Å². The van der Waals surface area contributed by atoms with Crippen LogP contribution in [-0.2, 0) is 19.3 Å². The van der Waals surface area contributed by atoms with Gasteiger partial charge in [0.25, 0.3) is 0 Å². The molecule has 80 valence electrons. The van der Waals surface area contributed by atoms with E-state index in [4.69, 9.17) is 10.7 Å². The second-order valence-electron chi connectivity index (χ2n) is 4.79. The van der Waals surface area contributed by atoms with Crippen molar-refractivity contribution in [2.75, 3.05) is 5.73 Å². The van der Waals surface area contributed by atoms with E-state index in [2.05, 4.69) is 6.92 Å². The normalized spacial score (nSPS) is 19.3. The Kier molecular flexibility index (Phi) is 1.98. The van der Waals surface area contributed by atoms with E-state index >= 15 is 0 Å². The highest BCUT2D eigenvalue weighted by molar-refractivity contribution is 5.61. The van der Waals surface area contributed by atoms with Crippen LogP contribution in [0.5, 0.6) is 0 Å². The van der Waals surface area contributed by atoms with E-state index in [1.54, 1.807) is 0 Å². The van der Waals surface area contributed by atoms with Crippen LogP contribution in [-0.4, -0.2) is 4.98 Å². The Hall–Kier alpha value is -1.05. The summed E-state index contributed by atoms with van der Waals surface area (Å²) in [5.74, 6) is 0.735. The molecule has 1 aromatic rings. The number of hydrogen-bond donors (Lipinski definition) is 1. The van der Waals surface area contributed by atoms with Gasteiger partial charge in [0, 0.05) is 17.1 Å². The molecular weight excluding hydrogens is 184 g/mol. The highest BCUT2D eigenvalue weighted by Gasteiger charge is 2.31. The number of nitrogens with two attached hydrogens (primary N) is 1. The first kappa shape index (κ1) is 9.20. The predicted molar refractivity (Wildman–Crippen MR) is 62.0 cm³/mol. The molecule has 0 bridgehead atoms. The molecular formula is C13H18N2. The molecule has 2 nitrogen and oxygen atoms in total. The molecule has 0 unspecified atom stereocenters. The molecule has 2 aliphatic carbocycles. The van der Waals surface area contributed by atoms with Crippen LogP contribution in [0.1, 0.15) is 54.6 Å². The Morgan fingerprint density at radius 1 is 1.33 bits per heavy atom. The first-order valence-corrected chi connectivity index (χ1v) is 6.11. The third-order valence-corrected chi connectivity index (χ3v) is 3.71. The van der Waals surface area contributed by atoms with E-state index in [-0.39, 0.29) is 0 Å². The molecule has 3 rings (SSSR count). The van der Waals surface area contributed by atoms with Gasteiger partial charge in [-0.15, -0.1) is 0 Å². The van der Waals surface area contributed by atoms with Crippen molar-refractivity contribution in [3.63, 3.8) is 0 Å². The Labute approximate surface area is 90.9 Å². The molecule has 2 N–H and O–H groups in total. The smallest absolute Gasteiger partial charge is 0.0459 e. The van der Waals surface area contributed by atoms with Crippen LogP contribution >= 0.6 is 0 Å². The van der Waals surface area contributed by atoms with E-state index < -0.39 is 0 Å². The Bertz CT molecular complexity index is 405. The first-order valence-electron chi connectivity index (χ1n) is 6.11. The molecule has 0 aliphatic heterocycles. The monoisotopic (exact) mass is 202 g/mol. The van der Waals surface area contributed by atoms with E-state index in [9.17, 15) is 0 Å². The molecule has 2 heteroatoms. The predicted octanol–water partition coefficient (Wildman–Crippen LogP) is 2.59. The van der Waals surface area contributed by atoms with E-state index in [1.165, 1.54) is 41.8 Å². The van der Waals surface area contributed by atoms with E-state index in [0.29, 0.717) is 0 Å². The summed E-state index contributed by atoms with van der Waals surface area (Å²) in [6.07, 6.45) is 7.19. The van der Waals surface area contributed by atoms with Gasteiger partial charge in [0.05, 0.1) is 0 Å². The number of nitrogens with zero attached hydrogens (tertiary/aromatic N) is 1. The summed E-state index contributed by atoms with van der Waals surface area (Å²) < 4.78 is 0. The van der Waals surface area contributed by atoms with Gasteiger partial charge in [0.2, 0.25) is 0 Å². The number of pyridine rings is 1. The Morgan fingerprint density at radius 3 is 2.80 bits per heavy atom. The molecule has 0 atom stereocenters. The highest BCUT2D eigenvalue weighted by atomic mass is 14.8. The molecule has 1 fully saturated rings. The summed E-state index contributed by atoms with van der Waals surface area (Å²) in [6.45, 7) is 2.19. The Balaban J connectivity index is 2.18. The second-order valence-corrected chi connectivity index (χ2v) is 4.79. The average Bonchev–Trinajstić information content (AvgIpc) is 2.95. The minimum atomic E-state index is 0.735. The van der Waals surface area contributed by atoms with Crippen molar-refractivity contribution < 1.29 is 0 Å². The molecule has 0 spiro atoms. The fraction of sp³-hybridized carbons (Fsp3) is 0.615. The number of anilines is 1. The van der Waals surface area contributed by atoms with Gasteiger partial charge in [-0.25, -0.2) is 0 Å². The highest BCUT2D eigenvalue weighted by Crippen LogP contribution is 2.46. The lowest BCUT2D eigenvalue weighted by Crippen LogP contribution is -2.06. The average molecular weight is 202 g/mol. The maximum Gasteiger partial charge on any atom is 0.0459 e. The van der Waals surface area contributed by atoms with Gasteiger partial charge in [-0.3, -0.25) is 4.98 Å². The third kappa shape index (κ3) is 1.35. The lowest BCUT2D eigenvalue weighted by Gasteiger charge is -2.14. The van der Waals surface area contributed by atoms with Gasteiger partial charge < -0.3 is 5.73 Å². The summed E-state index contributed by atoms with van der Waals surface area (Å²) in [5.41, 5.74) is 12.7.